The van der Waals surface area contributed by atoms with E-state index in [1.165, 1.54) is 6.07 Å². The molecule has 27 heavy (non-hydrogen) atoms. The molecular weight excluding hydrogens is 408 g/mol. The molecule has 1 heterocycles. The standard InChI is InChI=1S/C16H21F3N4O2.2ClH/c17-16(18,19)13-3-1-2-12(8-13)11-22-4-6-23(7-5-22)15(25)10-21-14(24)9-20;;/h1-3,8H,4-7,9-11,20H2,(H,21,24);2*1H. The van der Waals surface area contributed by atoms with Gasteiger partial charge in [0.15, 0.2) is 0 Å². The van der Waals surface area contributed by atoms with Gasteiger partial charge in [-0.05, 0) is 11.6 Å². The predicted octanol–water partition coefficient (Wildman–Crippen LogP) is 1.27. The van der Waals surface area contributed by atoms with Crippen LogP contribution in [-0.2, 0) is 22.3 Å². The summed E-state index contributed by atoms with van der Waals surface area (Å²) in [6, 6.07) is 5.27. The Kier molecular flexibility index (Phi) is 10.7. The number of nitrogens with two attached hydrogens (primary N) is 1. The number of benzene rings is 1. The Morgan fingerprint density at radius 1 is 1.11 bits per heavy atom. The third-order valence-electron chi connectivity index (χ3n) is 4.01. The average molecular weight is 431 g/mol. The van der Waals surface area contributed by atoms with Crippen molar-refractivity contribution in [2.75, 3.05) is 39.3 Å². The van der Waals surface area contributed by atoms with Gasteiger partial charge < -0.3 is 16.0 Å². The fourth-order valence-electron chi connectivity index (χ4n) is 2.62. The maximum Gasteiger partial charge on any atom is 0.416 e. The summed E-state index contributed by atoms with van der Waals surface area (Å²) >= 11 is 0. The maximum atomic E-state index is 12.7. The fourth-order valence-corrected chi connectivity index (χ4v) is 2.62. The highest BCUT2D eigenvalue weighted by atomic mass is 35.5. The second kappa shape index (κ2) is 11.3. The molecule has 2 rings (SSSR count). The van der Waals surface area contributed by atoms with Crippen LogP contribution in [0.3, 0.4) is 0 Å². The Morgan fingerprint density at radius 3 is 2.30 bits per heavy atom. The van der Waals surface area contributed by atoms with Gasteiger partial charge in [-0.1, -0.05) is 18.2 Å². The Bertz CT molecular complexity index is 624. The minimum atomic E-state index is -4.35. The van der Waals surface area contributed by atoms with Gasteiger partial charge in [-0.3, -0.25) is 14.5 Å². The van der Waals surface area contributed by atoms with Crippen molar-refractivity contribution < 1.29 is 22.8 Å². The first-order valence-electron chi connectivity index (χ1n) is 7.92. The summed E-state index contributed by atoms with van der Waals surface area (Å²) < 4.78 is 38.2. The Labute approximate surface area is 168 Å². The van der Waals surface area contributed by atoms with Crippen molar-refractivity contribution in [1.82, 2.24) is 15.1 Å². The molecule has 1 fully saturated rings. The van der Waals surface area contributed by atoms with E-state index in [1.807, 2.05) is 4.90 Å². The van der Waals surface area contributed by atoms with E-state index in [4.69, 9.17) is 5.73 Å². The molecule has 0 saturated carbocycles. The Hall–Kier alpha value is -1.55. The molecule has 0 radical (unpaired) electrons. The van der Waals surface area contributed by atoms with Gasteiger partial charge in [0.05, 0.1) is 18.7 Å². The number of carbonyl (C=O) groups is 2. The largest absolute Gasteiger partial charge is 0.416 e. The van der Waals surface area contributed by atoms with Crippen LogP contribution < -0.4 is 11.1 Å². The smallest absolute Gasteiger partial charge is 0.346 e. The van der Waals surface area contributed by atoms with Crippen molar-refractivity contribution in [2.24, 2.45) is 5.73 Å². The quantitative estimate of drug-likeness (QED) is 0.736. The van der Waals surface area contributed by atoms with Crippen LogP contribution in [0.2, 0.25) is 0 Å². The fraction of sp³-hybridized carbons (Fsp3) is 0.500. The molecule has 0 atom stereocenters. The van der Waals surface area contributed by atoms with Crippen LogP contribution in [0.15, 0.2) is 24.3 Å². The zero-order valence-electron chi connectivity index (χ0n) is 14.5. The van der Waals surface area contributed by atoms with Crippen LogP contribution in [0.25, 0.3) is 0 Å². The Morgan fingerprint density at radius 2 is 1.74 bits per heavy atom. The summed E-state index contributed by atoms with van der Waals surface area (Å²) in [6.45, 7) is 2.20. The first kappa shape index (κ1) is 25.4. The second-order valence-corrected chi connectivity index (χ2v) is 5.84. The minimum absolute atomic E-state index is 0. The summed E-state index contributed by atoms with van der Waals surface area (Å²) in [5, 5.41) is 2.43. The number of amides is 2. The number of hydrogen-bond donors (Lipinski definition) is 2. The predicted molar refractivity (Wildman–Crippen MR) is 99.9 cm³/mol. The minimum Gasteiger partial charge on any atom is -0.346 e. The van der Waals surface area contributed by atoms with E-state index >= 15 is 0 Å². The molecule has 0 unspecified atom stereocenters. The number of rotatable bonds is 5. The highest BCUT2D eigenvalue weighted by Crippen LogP contribution is 2.29. The lowest BCUT2D eigenvalue weighted by Crippen LogP contribution is -2.51. The molecule has 1 saturated heterocycles. The van der Waals surface area contributed by atoms with Crippen molar-refractivity contribution in [3.8, 4) is 0 Å². The van der Waals surface area contributed by atoms with E-state index in [0.717, 1.165) is 12.1 Å². The molecule has 1 aliphatic heterocycles. The summed E-state index contributed by atoms with van der Waals surface area (Å²) in [4.78, 5) is 26.6. The highest BCUT2D eigenvalue weighted by Gasteiger charge is 2.30. The molecule has 0 aromatic heterocycles. The molecule has 0 spiro atoms. The van der Waals surface area contributed by atoms with Crippen LogP contribution in [-0.4, -0.2) is 60.9 Å². The zero-order chi connectivity index (χ0) is 18.4. The monoisotopic (exact) mass is 430 g/mol. The van der Waals surface area contributed by atoms with Gasteiger partial charge in [0.25, 0.3) is 0 Å². The SMILES string of the molecule is Cl.Cl.NCC(=O)NCC(=O)N1CCN(Cc2cccc(C(F)(F)F)c2)CC1. The Balaban J connectivity index is 0.00000338. The molecule has 1 aliphatic rings. The lowest BCUT2D eigenvalue weighted by Gasteiger charge is -2.34. The van der Waals surface area contributed by atoms with Crippen LogP contribution in [0.1, 0.15) is 11.1 Å². The van der Waals surface area contributed by atoms with Crippen LogP contribution in [0.5, 0.6) is 0 Å². The van der Waals surface area contributed by atoms with Gasteiger partial charge in [-0.25, -0.2) is 0 Å². The average Bonchev–Trinajstić information content (AvgIpc) is 2.59. The van der Waals surface area contributed by atoms with E-state index in [0.29, 0.717) is 38.3 Å². The number of alkyl halides is 3. The number of nitrogens with one attached hydrogen (secondary N) is 1. The first-order chi connectivity index (χ1) is 11.8. The van der Waals surface area contributed by atoms with Gasteiger partial charge in [-0.15, -0.1) is 24.8 Å². The lowest BCUT2D eigenvalue weighted by atomic mass is 10.1. The summed E-state index contributed by atoms with van der Waals surface area (Å²) in [7, 11) is 0. The highest BCUT2D eigenvalue weighted by molar-refractivity contribution is 5.86. The van der Waals surface area contributed by atoms with Crippen LogP contribution in [0, 0.1) is 0 Å². The number of carbonyl (C=O) groups excluding carboxylic acids is 2. The molecule has 1 aromatic carbocycles. The number of hydrogen-bond acceptors (Lipinski definition) is 4. The third kappa shape index (κ3) is 7.92. The second-order valence-electron chi connectivity index (χ2n) is 5.84. The first-order valence-corrected chi connectivity index (χ1v) is 7.92. The summed E-state index contributed by atoms with van der Waals surface area (Å²) in [5.41, 5.74) is 5.08. The molecule has 154 valence electrons. The van der Waals surface area contributed by atoms with Crippen LogP contribution in [0.4, 0.5) is 13.2 Å². The molecule has 0 bridgehead atoms. The van der Waals surface area contributed by atoms with Gasteiger partial charge in [-0.2, -0.15) is 13.2 Å². The van der Waals surface area contributed by atoms with Crippen molar-refractivity contribution in [3.63, 3.8) is 0 Å². The molecular formula is C16H23Cl2F3N4O2. The molecule has 1 aromatic rings. The van der Waals surface area contributed by atoms with Crippen molar-refractivity contribution in [2.45, 2.75) is 12.7 Å². The lowest BCUT2D eigenvalue weighted by molar-refractivity contribution is -0.137. The topological polar surface area (TPSA) is 78.7 Å². The van der Waals surface area contributed by atoms with Crippen molar-refractivity contribution in [3.05, 3.63) is 35.4 Å². The number of piperazine rings is 1. The normalized spacial score (nSPS) is 14.7. The van der Waals surface area contributed by atoms with Gasteiger partial charge >= 0.3 is 6.18 Å². The third-order valence-corrected chi connectivity index (χ3v) is 4.01. The maximum absolute atomic E-state index is 12.7. The van der Waals surface area contributed by atoms with Crippen molar-refractivity contribution in [1.29, 1.82) is 0 Å². The van der Waals surface area contributed by atoms with E-state index in [-0.39, 0.29) is 43.8 Å². The summed E-state index contributed by atoms with van der Waals surface area (Å²) in [5.74, 6) is -0.586. The van der Waals surface area contributed by atoms with Crippen LogP contribution >= 0.6 is 24.8 Å². The number of halogens is 5. The van der Waals surface area contributed by atoms with Gasteiger partial charge in [0.2, 0.25) is 11.8 Å². The summed E-state index contributed by atoms with van der Waals surface area (Å²) in [6.07, 6.45) is -4.35. The van der Waals surface area contributed by atoms with Gasteiger partial charge in [0.1, 0.15) is 0 Å². The van der Waals surface area contributed by atoms with E-state index in [9.17, 15) is 22.8 Å². The molecule has 11 heteroatoms. The van der Waals surface area contributed by atoms with Crippen molar-refractivity contribution >= 4 is 36.6 Å². The zero-order valence-corrected chi connectivity index (χ0v) is 16.1. The van der Waals surface area contributed by atoms with E-state index in [2.05, 4.69) is 5.32 Å². The van der Waals surface area contributed by atoms with E-state index < -0.39 is 17.6 Å². The molecule has 3 N–H and O–H groups in total. The molecule has 2 amide bonds. The molecule has 6 nitrogen and oxygen atoms in total. The number of nitrogens with zero attached hydrogens (tertiary/aromatic N) is 2. The van der Waals surface area contributed by atoms with Gasteiger partial charge in [0, 0.05) is 32.7 Å². The van der Waals surface area contributed by atoms with E-state index in [1.54, 1.807) is 11.0 Å². The molecule has 0 aliphatic carbocycles.